The van der Waals surface area contributed by atoms with Crippen LogP contribution in [-0.4, -0.2) is 30.3 Å². The summed E-state index contributed by atoms with van der Waals surface area (Å²) < 4.78 is 0. The molecule has 0 aliphatic heterocycles. The van der Waals surface area contributed by atoms with Crippen LogP contribution in [0.1, 0.15) is 51.9 Å². The first-order chi connectivity index (χ1) is 8.15. The molecular formula is C14H26ClNO. The zero-order valence-corrected chi connectivity index (χ0v) is 12.0. The van der Waals surface area contributed by atoms with E-state index >= 15 is 0 Å². The maximum Gasteiger partial charge on any atom is 0.225 e. The third-order valence-corrected chi connectivity index (χ3v) is 4.14. The van der Waals surface area contributed by atoms with E-state index in [0.717, 1.165) is 50.4 Å². The van der Waals surface area contributed by atoms with Crippen molar-refractivity contribution in [1.29, 1.82) is 0 Å². The van der Waals surface area contributed by atoms with E-state index in [1.54, 1.807) is 0 Å². The number of alkyl halides is 1. The molecule has 0 aromatic rings. The van der Waals surface area contributed by atoms with Gasteiger partial charge in [0.15, 0.2) is 0 Å². The van der Waals surface area contributed by atoms with Gasteiger partial charge in [-0.05, 0) is 44.4 Å². The number of rotatable bonds is 6. The van der Waals surface area contributed by atoms with Crippen LogP contribution >= 0.6 is 11.6 Å². The molecule has 17 heavy (non-hydrogen) atoms. The molecule has 0 aromatic heterocycles. The third-order valence-electron chi connectivity index (χ3n) is 3.87. The van der Waals surface area contributed by atoms with Crippen LogP contribution in [0.2, 0.25) is 0 Å². The predicted molar refractivity (Wildman–Crippen MR) is 73.3 cm³/mol. The standard InChI is InChI=1S/C14H26ClNO/c1-12-6-8-13(9-7-12)14(17)16(2)11-5-3-4-10-15/h12-13H,3-11H2,1-2H3. The minimum Gasteiger partial charge on any atom is -0.346 e. The zero-order valence-electron chi connectivity index (χ0n) is 11.3. The van der Waals surface area contributed by atoms with Crippen molar-refractivity contribution in [1.82, 2.24) is 4.90 Å². The summed E-state index contributed by atoms with van der Waals surface area (Å²) in [6, 6.07) is 0. The van der Waals surface area contributed by atoms with E-state index in [9.17, 15) is 4.79 Å². The fourth-order valence-electron chi connectivity index (χ4n) is 2.55. The smallest absolute Gasteiger partial charge is 0.225 e. The summed E-state index contributed by atoms with van der Waals surface area (Å²) in [7, 11) is 1.95. The predicted octanol–water partition coefficient (Wildman–Crippen LogP) is 3.68. The summed E-state index contributed by atoms with van der Waals surface area (Å²) in [5.74, 6) is 2.21. The van der Waals surface area contributed by atoms with Gasteiger partial charge in [-0.15, -0.1) is 11.6 Å². The first kappa shape index (κ1) is 14.8. The number of amides is 1. The van der Waals surface area contributed by atoms with Crippen molar-refractivity contribution < 1.29 is 4.79 Å². The van der Waals surface area contributed by atoms with Gasteiger partial charge in [0.25, 0.3) is 0 Å². The molecule has 0 radical (unpaired) electrons. The quantitative estimate of drug-likeness (QED) is 0.526. The van der Waals surface area contributed by atoms with Crippen LogP contribution < -0.4 is 0 Å². The van der Waals surface area contributed by atoms with Crippen LogP contribution in [0.25, 0.3) is 0 Å². The Morgan fingerprint density at radius 2 is 1.82 bits per heavy atom. The maximum absolute atomic E-state index is 12.2. The van der Waals surface area contributed by atoms with Crippen molar-refractivity contribution in [3.63, 3.8) is 0 Å². The van der Waals surface area contributed by atoms with E-state index in [4.69, 9.17) is 11.6 Å². The number of carbonyl (C=O) groups excluding carboxylic acids is 1. The molecule has 0 bridgehead atoms. The summed E-state index contributed by atoms with van der Waals surface area (Å²) in [5, 5.41) is 0. The molecule has 1 amide bonds. The average Bonchev–Trinajstić information content (AvgIpc) is 2.34. The fraction of sp³-hybridized carbons (Fsp3) is 0.929. The topological polar surface area (TPSA) is 20.3 Å². The lowest BCUT2D eigenvalue weighted by molar-refractivity contribution is -0.135. The van der Waals surface area contributed by atoms with Crippen LogP contribution in [0, 0.1) is 11.8 Å². The molecule has 3 heteroatoms. The number of carbonyl (C=O) groups is 1. The molecule has 1 aliphatic rings. The Morgan fingerprint density at radius 1 is 1.18 bits per heavy atom. The summed E-state index contributed by atoms with van der Waals surface area (Å²) in [5.41, 5.74) is 0. The van der Waals surface area contributed by atoms with Gasteiger partial charge in [-0.3, -0.25) is 4.79 Å². The van der Waals surface area contributed by atoms with Crippen molar-refractivity contribution in [3.8, 4) is 0 Å². The highest BCUT2D eigenvalue weighted by Crippen LogP contribution is 2.29. The molecule has 0 unspecified atom stereocenters. The fourth-order valence-corrected chi connectivity index (χ4v) is 2.74. The Hall–Kier alpha value is -0.240. The van der Waals surface area contributed by atoms with Crippen molar-refractivity contribution in [2.75, 3.05) is 19.5 Å². The number of hydrogen-bond acceptors (Lipinski definition) is 1. The summed E-state index contributed by atoms with van der Waals surface area (Å²) in [6.07, 6.45) is 7.89. The van der Waals surface area contributed by atoms with Crippen LogP contribution in [0.5, 0.6) is 0 Å². The Bertz CT molecular complexity index is 224. The van der Waals surface area contributed by atoms with Crippen molar-refractivity contribution in [3.05, 3.63) is 0 Å². The van der Waals surface area contributed by atoms with E-state index in [2.05, 4.69) is 6.92 Å². The van der Waals surface area contributed by atoms with Gasteiger partial charge in [0.05, 0.1) is 0 Å². The lowest BCUT2D eigenvalue weighted by Crippen LogP contribution is -2.35. The second kappa shape index (κ2) is 7.97. The van der Waals surface area contributed by atoms with Crippen LogP contribution in [0.4, 0.5) is 0 Å². The molecule has 0 aromatic carbocycles. The molecule has 0 heterocycles. The minimum atomic E-state index is 0.296. The van der Waals surface area contributed by atoms with Crippen LogP contribution in [0.15, 0.2) is 0 Å². The second-order valence-electron chi connectivity index (χ2n) is 5.47. The SMILES string of the molecule is CC1CCC(C(=O)N(C)CCCCCCl)CC1. The van der Waals surface area contributed by atoms with Gasteiger partial charge in [0.1, 0.15) is 0 Å². The molecular weight excluding hydrogens is 234 g/mol. The minimum absolute atomic E-state index is 0.296. The molecule has 1 rings (SSSR count). The monoisotopic (exact) mass is 259 g/mol. The van der Waals surface area contributed by atoms with E-state index in [0.29, 0.717) is 11.8 Å². The largest absolute Gasteiger partial charge is 0.346 e. The van der Waals surface area contributed by atoms with Crippen molar-refractivity contribution >= 4 is 17.5 Å². The second-order valence-corrected chi connectivity index (χ2v) is 5.84. The van der Waals surface area contributed by atoms with Gasteiger partial charge in [-0.1, -0.05) is 13.3 Å². The highest BCUT2D eigenvalue weighted by molar-refractivity contribution is 6.17. The van der Waals surface area contributed by atoms with E-state index in [1.165, 1.54) is 12.8 Å². The molecule has 0 saturated heterocycles. The normalized spacial score (nSPS) is 24.6. The molecule has 1 fully saturated rings. The highest BCUT2D eigenvalue weighted by Gasteiger charge is 2.26. The van der Waals surface area contributed by atoms with Crippen molar-refractivity contribution in [2.24, 2.45) is 11.8 Å². The molecule has 2 nitrogen and oxygen atoms in total. The van der Waals surface area contributed by atoms with Crippen LogP contribution in [0.3, 0.4) is 0 Å². The molecule has 0 atom stereocenters. The molecule has 1 saturated carbocycles. The summed E-state index contributed by atoms with van der Waals surface area (Å²) >= 11 is 5.63. The van der Waals surface area contributed by atoms with Gasteiger partial charge < -0.3 is 4.90 Å². The lowest BCUT2D eigenvalue weighted by atomic mass is 9.82. The number of nitrogens with zero attached hydrogens (tertiary/aromatic N) is 1. The van der Waals surface area contributed by atoms with Gasteiger partial charge in [0, 0.05) is 25.4 Å². The Morgan fingerprint density at radius 3 is 2.41 bits per heavy atom. The highest BCUT2D eigenvalue weighted by atomic mass is 35.5. The Labute approximate surface area is 111 Å². The van der Waals surface area contributed by atoms with Gasteiger partial charge in [-0.2, -0.15) is 0 Å². The lowest BCUT2D eigenvalue weighted by Gasteiger charge is -2.29. The Kier molecular flexibility index (Phi) is 6.94. The van der Waals surface area contributed by atoms with Gasteiger partial charge in [0.2, 0.25) is 5.91 Å². The molecule has 0 N–H and O–H groups in total. The van der Waals surface area contributed by atoms with E-state index in [-0.39, 0.29) is 0 Å². The number of hydrogen-bond donors (Lipinski definition) is 0. The average molecular weight is 260 g/mol. The number of halogens is 1. The molecule has 0 spiro atoms. The summed E-state index contributed by atoms with van der Waals surface area (Å²) in [6.45, 7) is 3.18. The van der Waals surface area contributed by atoms with Crippen LogP contribution in [-0.2, 0) is 4.79 Å². The first-order valence-electron chi connectivity index (χ1n) is 6.96. The van der Waals surface area contributed by atoms with E-state index in [1.807, 2.05) is 11.9 Å². The molecule has 100 valence electrons. The zero-order chi connectivity index (χ0) is 12.7. The molecule has 1 aliphatic carbocycles. The number of unbranched alkanes of at least 4 members (excludes halogenated alkanes) is 2. The maximum atomic E-state index is 12.2. The van der Waals surface area contributed by atoms with Crippen molar-refractivity contribution in [2.45, 2.75) is 51.9 Å². The Balaban J connectivity index is 2.21. The first-order valence-corrected chi connectivity index (χ1v) is 7.49. The summed E-state index contributed by atoms with van der Waals surface area (Å²) in [4.78, 5) is 14.1. The van der Waals surface area contributed by atoms with Gasteiger partial charge >= 0.3 is 0 Å². The van der Waals surface area contributed by atoms with Gasteiger partial charge in [-0.25, -0.2) is 0 Å². The van der Waals surface area contributed by atoms with E-state index < -0.39 is 0 Å². The third kappa shape index (κ3) is 5.29.